The minimum absolute atomic E-state index is 0.00922. The minimum Gasteiger partial charge on any atom is -0.460 e. The van der Waals surface area contributed by atoms with Crippen molar-refractivity contribution in [2.45, 2.75) is 51.7 Å². The van der Waals surface area contributed by atoms with Gasteiger partial charge in [-0.3, -0.25) is 14.4 Å². The second-order valence-electron chi connectivity index (χ2n) is 9.76. The van der Waals surface area contributed by atoms with Gasteiger partial charge in [0, 0.05) is 23.0 Å². The number of hydrogen-bond donors (Lipinski definition) is 2. The third kappa shape index (κ3) is 9.50. The number of amides is 2. The summed E-state index contributed by atoms with van der Waals surface area (Å²) in [5.74, 6) is -1.13. The average Bonchev–Trinajstić information content (AvgIpc) is 2.87. The minimum atomic E-state index is -0.876. The van der Waals surface area contributed by atoms with Crippen LogP contribution in [-0.2, 0) is 20.7 Å². The van der Waals surface area contributed by atoms with Crippen LogP contribution in [0.1, 0.15) is 49.5 Å². The second kappa shape index (κ2) is 13.2. The zero-order valence-corrected chi connectivity index (χ0v) is 23.0. The molecule has 7 heteroatoms. The number of rotatable bonds is 10. The molecule has 0 spiro atoms. The second-order valence-corrected chi connectivity index (χ2v) is 10.7. The van der Waals surface area contributed by atoms with Gasteiger partial charge in [0.15, 0.2) is 0 Å². The molecule has 3 aromatic rings. The summed E-state index contributed by atoms with van der Waals surface area (Å²) in [5.41, 5.74) is 2.93. The van der Waals surface area contributed by atoms with Crippen molar-refractivity contribution >= 4 is 33.7 Å². The van der Waals surface area contributed by atoms with Crippen molar-refractivity contribution < 1.29 is 19.1 Å². The van der Waals surface area contributed by atoms with Gasteiger partial charge in [-0.15, -0.1) is 0 Å². The zero-order chi connectivity index (χ0) is 26.8. The van der Waals surface area contributed by atoms with Gasteiger partial charge in [-0.25, -0.2) is 0 Å². The summed E-state index contributed by atoms with van der Waals surface area (Å²) in [6.07, 6.45) is 0.787. The lowest BCUT2D eigenvalue weighted by Gasteiger charge is -2.21. The highest BCUT2D eigenvalue weighted by Gasteiger charge is 2.24. The fourth-order valence-electron chi connectivity index (χ4n) is 3.71. The van der Waals surface area contributed by atoms with Crippen LogP contribution in [0.4, 0.5) is 0 Å². The maximum atomic E-state index is 13.0. The van der Waals surface area contributed by atoms with Gasteiger partial charge >= 0.3 is 5.97 Å². The highest BCUT2D eigenvalue weighted by atomic mass is 79.9. The molecule has 37 heavy (non-hydrogen) atoms. The maximum Gasteiger partial charge on any atom is 0.306 e. The summed E-state index contributed by atoms with van der Waals surface area (Å²) < 4.78 is 6.36. The molecule has 0 heterocycles. The number of esters is 1. The molecule has 0 saturated carbocycles. The van der Waals surface area contributed by atoms with Crippen LogP contribution in [0.5, 0.6) is 0 Å². The quantitative estimate of drug-likeness (QED) is 0.309. The molecular weight excluding hydrogens is 532 g/mol. The molecule has 0 bridgehead atoms. The van der Waals surface area contributed by atoms with E-state index in [9.17, 15) is 14.4 Å². The third-order valence-corrected chi connectivity index (χ3v) is 6.09. The third-order valence-electron chi connectivity index (χ3n) is 5.56. The number of carbonyl (C=O) groups is 3. The highest BCUT2D eigenvalue weighted by Crippen LogP contribution is 2.19. The first-order valence-corrected chi connectivity index (χ1v) is 13.1. The number of halogens is 1. The van der Waals surface area contributed by atoms with Crippen LogP contribution >= 0.6 is 15.9 Å². The molecule has 1 atom stereocenters. The van der Waals surface area contributed by atoms with Gasteiger partial charge < -0.3 is 15.4 Å². The summed E-state index contributed by atoms with van der Waals surface area (Å²) in [7, 11) is 0. The van der Waals surface area contributed by atoms with Gasteiger partial charge in [0.25, 0.3) is 5.91 Å². The Morgan fingerprint density at radius 2 is 1.49 bits per heavy atom. The van der Waals surface area contributed by atoms with E-state index in [-0.39, 0.29) is 24.7 Å². The monoisotopic (exact) mass is 564 g/mol. The van der Waals surface area contributed by atoms with Crippen LogP contribution < -0.4 is 10.6 Å². The van der Waals surface area contributed by atoms with Gasteiger partial charge in [0.1, 0.15) is 11.6 Å². The van der Waals surface area contributed by atoms with E-state index in [0.717, 1.165) is 21.2 Å². The normalized spacial score (nSPS) is 11.9. The van der Waals surface area contributed by atoms with Crippen LogP contribution in [-0.4, -0.2) is 36.0 Å². The Kier molecular flexibility index (Phi) is 10.0. The lowest BCUT2D eigenvalue weighted by Crippen LogP contribution is -2.47. The van der Waals surface area contributed by atoms with E-state index in [4.69, 9.17) is 4.74 Å². The molecular formula is C30H33BrN2O4. The Morgan fingerprint density at radius 1 is 0.865 bits per heavy atom. The Labute approximate surface area is 226 Å². The van der Waals surface area contributed by atoms with E-state index in [2.05, 4.69) is 26.6 Å². The molecule has 2 N–H and O–H groups in total. The summed E-state index contributed by atoms with van der Waals surface area (Å²) in [6.45, 7) is 5.78. The van der Waals surface area contributed by atoms with Crippen molar-refractivity contribution in [3.8, 4) is 11.1 Å². The molecule has 0 saturated heterocycles. The molecule has 6 nitrogen and oxygen atoms in total. The molecule has 0 aliphatic carbocycles. The van der Waals surface area contributed by atoms with E-state index in [0.29, 0.717) is 18.5 Å². The number of hydrogen-bond acceptors (Lipinski definition) is 4. The van der Waals surface area contributed by atoms with E-state index in [1.54, 1.807) is 32.9 Å². The van der Waals surface area contributed by atoms with Gasteiger partial charge in [-0.2, -0.15) is 0 Å². The first kappa shape index (κ1) is 28.1. The van der Waals surface area contributed by atoms with E-state index in [1.165, 1.54) is 0 Å². The Hall–Kier alpha value is -3.45. The van der Waals surface area contributed by atoms with Crippen molar-refractivity contribution in [2.24, 2.45) is 0 Å². The standard InChI is InChI=1S/C30H33BrN2O4/c1-30(2,3)37-27(34)18-17-26(29(36)32-20-19-21-9-15-25(31)16-10-21)33-28(35)24-13-11-23(12-14-24)22-7-5-4-6-8-22/h4-16,26H,17-20H2,1-3H3,(H,32,36)(H,33,35)/t26-/m0/s1. The van der Waals surface area contributed by atoms with Crippen LogP contribution in [0.25, 0.3) is 11.1 Å². The highest BCUT2D eigenvalue weighted by molar-refractivity contribution is 9.10. The van der Waals surface area contributed by atoms with E-state index in [1.807, 2.05) is 66.7 Å². The van der Waals surface area contributed by atoms with E-state index < -0.39 is 17.6 Å². The van der Waals surface area contributed by atoms with Crippen molar-refractivity contribution in [3.05, 3.63) is 94.5 Å². The topological polar surface area (TPSA) is 84.5 Å². The molecule has 0 radical (unpaired) electrons. The number of carbonyl (C=O) groups excluding carboxylic acids is 3. The Morgan fingerprint density at radius 3 is 2.11 bits per heavy atom. The molecule has 3 aromatic carbocycles. The molecule has 0 aliphatic rings. The predicted molar refractivity (Wildman–Crippen MR) is 149 cm³/mol. The first-order valence-electron chi connectivity index (χ1n) is 12.3. The summed E-state index contributed by atoms with van der Waals surface area (Å²) in [5, 5.41) is 5.69. The summed E-state index contributed by atoms with van der Waals surface area (Å²) in [6, 6.07) is 24.1. The number of ether oxygens (including phenoxy) is 1. The summed E-state index contributed by atoms with van der Waals surface area (Å²) in [4.78, 5) is 38.3. The van der Waals surface area contributed by atoms with Crippen LogP contribution in [0.2, 0.25) is 0 Å². The maximum absolute atomic E-state index is 13.0. The summed E-state index contributed by atoms with van der Waals surface area (Å²) >= 11 is 3.41. The predicted octanol–water partition coefficient (Wildman–Crippen LogP) is 5.70. The molecule has 0 fully saturated rings. The fourth-order valence-corrected chi connectivity index (χ4v) is 3.98. The van der Waals surface area contributed by atoms with Crippen LogP contribution in [0.3, 0.4) is 0 Å². The largest absolute Gasteiger partial charge is 0.460 e. The molecule has 3 rings (SSSR count). The van der Waals surface area contributed by atoms with Crippen molar-refractivity contribution in [1.82, 2.24) is 10.6 Å². The smallest absolute Gasteiger partial charge is 0.306 e. The first-order chi connectivity index (χ1) is 17.6. The number of nitrogens with one attached hydrogen (secondary N) is 2. The van der Waals surface area contributed by atoms with Crippen molar-refractivity contribution in [2.75, 3.05) is 6.54 Å². The lowest BCUT2D eigenvalue weighted by molar-refractivity contribution is -0.155. The molecule has 194 valence electrons. The van der Waals surface area contributed by atoms with Crippen LogP contribution in [0.15, 0.2) is 83.3 Å². The van der Waals surface area contributed by atoms with Crippen molar-refractivity contribution in [3.63, 3.8) is 0 Å². The Bertz CT molecular complexity index is 1190. The Balaban J connectivity index is 1.64. The van der Waals surface area contributed by atoms with Gasteiger partial charge in [0.2, 0.25) is 5.91 Å². The van der Waals surface area contributed by atoms with Crippen LogP contribution in [0, 0.1) is 0 Å². The number of benzene rings is 3. The molecule has 0 aliphatic heterocycles. The van der Waals surface area contributed by atoms with Crippen molar-refractivity contribution in [1.29, 1.82) is 0 Å². The van der Waals surface area contributed by atoms with Gasteiger partial charge in [-0.05, 0) is 74.6 Å². The average molecular weight is 566 g/mol. The fraction of sp³-hybridized carbons (Fsp3) is 0.300. The molecule has 0 unspecified atom stereocenters. The molecule has 2 amide bonds. The zero-order valence-electron chi connectivity index (χ0n) is 21.4. The van der Waals surface area contributed by atoms with Gasteiger partial charge in [-0.1, -0.05) is 70.5 Å². The lowest BCUT2D eigenvalue weighted by atomic mass is 10.0. The molecule has 0 aromatic heterocycles. The van der Waals surface area contributed by atoms with Gasteiger partial charge in [0.05, 0.1) is 0 Å². The van der Waals surface area contributed by atoms with E-state index >= 15 is 0 Å². The SMILES string of the molecule is CC(C)(C)OC(=O)CC[C@H](NC(=O)c1ccc(-c2ccccc2)cc1)C(=O)NCCc1ccc(Br)cc1.